The molecule has 0 aromatic carbocycles. The summed E-state index contributed by atoms with van der Waals surface area (Å²) in [5.41, 5.74) is 7.28. The van der Waals surface area contributed by atoms with Crippen LogP contribution >= 0.6 is 0 Å². The third-order valence-corrected chi connectivity index (χ3v) is 2.64. The van der Waals surface area contributed by atoms with Crippen LogP contribution in [0.4, 0.5) is 0 Å². The molecule has 0 saturated heterocycles. The highest BCUT2D eigenvalue weighted by atomic mass is 16.5. The van der Waals surface area contributed by atoms with Crippen molar-refractivity contribution in [3.8, 4) is 0 Å². The van der Waals surface area contributed by atoms with Gasteiger partial charge in [-0.05, 0) is 24.5 Å². The summed E-state index contributed by atoms with van der Waals surface area (Å²) in [6.07, 6.45) is 7.48. The second-order valence-electron chi connectivity index (χ2n) is 4.19. The highest BCUT2D eigenvalue weighted by Crippen LogP contribution is 2.15. The largest absolute Gasteiger partial charge is 0.380 e. The maximum Gasteiger partial charge on any atom is 0.0645 e. The molecule has 0 aliphatic carbocycles. The van der Waals surface area contributed by atoms with Gasteiger partial charge in [-0.2, -0.15) is 0 Å². The zero-order chi connectivity index (χ0) is 11.8. The van der Waals surface area contributed by atoms with Crippen LogP contribution in [-0.2, 0) is 11.3 Å². The van der Waals surface area contributed by atoms with Crippen LogP contribution in [0.3, 0.4) is 0 Å². The van der Waals surface area contributed by atoms with E-state index in [0.29, 0.717) is 0 Å². The number of hydrogen-bond acceptors (Lipinski definition) is 2. The maximum absolute atomic E-state index is 6.05. The molecule has 3 heteroatoms. The summed E-state index contributed by atoms with van der Waals surface area (Å²) in [6.45, 7) is 6.83. The molecule has 0 radical (unpaired) electrons. The molecule has 1 aromatic heterocycles. The van der Waals surface area contributed by atoms with E-state index in [-0.39, 0.29) is 6.04 Å². The summed E-state index contributed by atoms with van der Waals surface area (Å²) in [5, 5.41) is 0. The van der Waals surface area contributed by atoms with Gasteiger partial charge in [0.25, 0.3) is 0 Å². The van der Waals surface area contributed by atoms with E-state index in [1.807, 2.05) is 0 Å². The van der Waals surface area contributed by atoms with Crippen LogP contribution in [0.5, 0.6) is 0 Å². The highest BCUT2D eigenvalue weighted by molar-refractivity contribution is 5.14. The van der Waals surface area contributed by atoms with Gasteiger partial charge in [0.1, 0.15) is 0 Å². The van der Waals surface area contributed by atoms with E-state index >= 15 is 0 Å². The molecule has 16 heavy (non-hydrogen) atoms. The molecule has 0 aliphatic heterocycles. The van der Waals surface area contributed by atoms with Crippen molar-refractivity contribution in [3.05, 3.63) is 24.0 Å². The third-order valence-electron chi connectivity index (χ3n) is 2.64. The van der Waals surface area contributed by atoms with Crippen LogP contribution in [0.25, 0.3) is 0 Å². The lowest BCUT2D eigenvalue weighted by Gasteiger charge is -2.07. The molecule has 1 heterocycles. The van der Waals surface area contributed by atoms with Crippen LogP contribution in [-0.4, -0.2) is 17.8 Å². The Labute approximate surface area is 98.6 Å². The molecule has 1 rings (SSSR count). The minimum Gasteiger partial charge on any atom is -0.380 e. The first kappa shape index (κ1) is 13.3. The third kappa shape index (κ3) is 4.37. The van der Waals surface area contributed by atoms with Gasteiger partial charge in [-0.15, -0.1) is 0 Å². The number of rotatable bonds is 8. The predicted molar refractivity (Wildman–Crippen MR) is 67.4 cm³/mol. The minimum absolute atomic E-state index is 0.183. The molecule has 1 unspecified atom stereocenters. The molecule has 0 fully saturated rings. The lowest BCUT2D eigenvalue weighted by atomic mass is 10.1. The molecular formula is C13H24N2O. The average Bonchev–Trinajstić information content (AvgIpc) is 2.73. The first-order valence-corrected chi connectivity index (χ1v) is 6.27. The van der Waals surface area contributed by atoms with Gasteiger partial charge in [0, 0.05) is 31.6 Å². The zero-order valence-electron chi connectivity index (χ0n) is 10.5. The molecule has 0 amide bonds. The fraction of sp³-hybridized carbons (Fsp3) is 0.692. The monoisotopic (exact) mass is 224 g/mol. The second kappa shape index (κ2) is 7.47. The average molecular weight is 224 g/mol. The van der Waals surface area contributed by atoms with Crippen LogP contribution in [0.1, 0.15) is 44.7 Å². The Morgan fingerprint density at radius 2 is 2.12 bits per heavy atom. The second-order valence-corrected chi connectivity index (χ2v) is 4.19. The quantitative estimate of drug-likeness (QED) is 0.690. The standard InChI is InChI=1S/C13H24N2O/c1-3-5-13(14)12-6-7-15(11-12)8-10-16-9-4-2/h6-7,11,13H,3-5,8-10,14H2,1-2H3. The van der Waals surface area contributed by atoms with E-state index in [1.54, 1.807) is 0 Å². The summed E-state index contributed by atoms with van der Waals surface area (Å²) < 4.78 is 7.61. The van der Waals surface area contributed by atoms with Gasteiger partial charge in [-0.25, -0.2) is 0 Å². The Morgan fingerprint density at radius 1 is 1.31 bits per heavy atom. The Hall–Kier alpha value is -0.800. The normalized spacial score (nSPS) is 12.9. The molecule has 92 valence electrons. The fourth-order valence-electron chi connectivity index (χ4n) is 1.71. The van der Waals surface area contributed by atoms with Gasteiger partial charge < -0.3 is 15.0 Å². The molecule has 0 saturated carbocycles. The summed E-state index contributed by atoms with van der Waals surface area (Å²) in [7, 11) is 0. The molecule has 0 bridgehead atoms. The Balaban J connectivity index is 2.33. The van der Waals surface area contributed by atoms with E-state index in [9.17, 15) is 0 Å². The topological polar surface area (TPSA) is 40.2 Å². The van der Waals surface area contributed by atoms with Crippen molar-refractivity contribution in [2.24, 2.45) is 5.73 Å². The Morgan fingerprint density at radius 3 is 2.81 bits per heavy atom. The predicted octanol–water partition coefficient (Wildman–Crippen LogP) is 2.71. The number of aromatic nitrogens is 1. The van der Waals surface area contributed by atoms with Gasteiger partial charge in [-0.1, -0.05) is 20.3 Å². The van der Waals surface area contributed by atoms with Crippen molar-refractivity contribution in [2.45, 2.75) is 45.7 Å². The van der Waals surface area contributed by atoms with Crippen molar-refractivity contribution in [2.75, 3.05) is 13.2 Å². The summed E-state index contributed by atoms with van der Waals surface area (Å²) >= 11 is 0. The molecule has 0 spiro atoms. The van der Waals surface area contributed by atoms with Crippen molar-refractivity contribution < 1.29 is 4.74 Å². The lowest BCUT2D eigenvalue weighted by Crippen LogP contribution is -2.09. The van der Waals surface area contributed by atoms with Gasteiger partial charge in [-0.3, -0.25) is 0 Å². The van der Waals surface area contributed by atoms with Gasteiger partial charge in [0.05, 0.1) is 6.61 Å². The van der Waals surface area contributed by atoms with Gasteiger partial charge in [0.15, 0.2) is 0 Å². The van der Waals surface area contributed by atoms with Crippen molar-refractivity contribution in [1.29, 1.82) is 0 Å². The minimum atomic E-state index is 0.183. The highest BCUT2D eigenvalue weighted by Gasteiger charge is 2.05. The molecule has 0 aliphatic rings. The van der Waals surface area contributed by atoms with Crippen molar-refractivity contribution in [3.63, 3.8) is 0 Å². The van der Waals surface area contributed by atoms with Crippen molar-refractivity contribution in [1.82, 2.24) is 4.57 Å². The Bertz CT molecular complexity index is 283. The summed E-state index contributed by atoms with van der Waals surface area (Å²) in [5.74, 6) is 0. The number of hydrogen-bond donors (Lipinski definition) is 1. The molecule has 3 nitrogen and oxygen atoms in total. The zero-order valence-corrected chi connectivity index (χ0v) is 10.5. The van der Waals surface area contributed by atoms with Gasteiger partial charge >= 0.3 is 0 Å². The maximum atomic E-state index is 6.05. The molecule has 2 N–H and O–H groups in total. The molecule has 1 atom stereocenters. The Kier molecular flexibility index (Phi) is 6.19. The van der Waals surface area contributed by atoms with E-state index in [2.05, 4.69) is 36.9 Å². The van der Waals surface area contributed by atoms with E-state index < -0.39 is 0 Å². The first-order valence-electron chi connectivity index (χ1n) is 6.27. The first-order chi connectivity index (χ1) is 7.77. The SMILES string of the molecule is CCCOCCn1ccc(C(N)CCC)c1. The van der Waals surface area contributed by atoms with E-state index in [0.717, 1.165) is 39.0 Å². The van der Waals surface area contributed by atoms with Crippen LogP contribution in [0.2, 0.25) is 0 Å². The summed E-state index contributed by atoms with van der Waals surface area (Å²) in [4.78, 5) is 0. The van der Waals surface area contributed by atoms with Gasteiger partial charge in [0.2, 0.25) is 0 Å². The molecular weight excluding hydrogens is 200 g/mol. The van der Waals surface area contributed by atoms with Crippen molar-refractivity contribution >= 4 is 0 Å². The molecule has 1 aromatic rings. The summed E-state index contributed by atoms with van der Waals surface area (Å²) in [6, 6.07) is 2.29. The van der Waals surface area contributed by atoms with Crippen LogP contribution < -0.4 is 5.73 Å². The van der Waals surface area contributed by atoms with E-state index in [1.165, 1.54) is 5.56 Å². The van der Waals surface area contributed by atoms with E-state index in [4.69, 9.17) is 10.5 Å². The number of ether oxygens (including phenoxy) is 1. The smallest absolute Gasteiger partial charge is 0.0645 e. The number of nitrogens with zero attached hydrogens (tertiary/aromatic N) is 1. The number of nitrogens with two attached hydrogens (primary N) is 1. The van der Waals surface area contributed by atoms with Crippen LogP contribution in [0, 0.1) is 0 Å². The lowest BCUT2D eigenvalue weighted by molar-refractivity contribution is 0.127. The fourth-order valence-corrected chi connectivity index (χ4v) is 1.71. The van der Waals surface area contributed by atoms with Crippen LogP contribution in [0.15, 0.2) is 18.5 Å².